The van der Waals surface area contributed by atoms with Crippen molar-refractivity contribution in [2.24, 2.45) is 16.2 Å². The number of hydrogen-bond donors (Lipinski definition) is 8. The summed E-state index contributed by atoms with van der Waals surface area (Å²) in [7, 11) is 0. The Morgan fingerprint density at radius 3 is 0.522 bits per heavy atom. The number of hydrogen-bond acceptors (Lipinski definition) is 7. The Labute approximate surface area is 280 Å². The van der Waals surface area contributed by atoms with Gasteiger partial charge in [0.15, 0.2) is 0 Å². The zero-order valence-corrected chi connectivity index (χ0v) is 29.3. The van der Waals surface area contributed by atoms with Gasteiger partial charge in [-0.05, 0) is 38.5 Å². The van der Waals surface area contributed by atoms with Crippen molar-refractivity contribution in [3.63, 3.8) is 0 Å². The third-order valence-electron chi connectivity index (χ3n) is 10.8. The van der Waals surface area contributed by atoms with Crippen molar-refractivity contribution in [1.29, 1.82) is 0 Å². The first-order valence-corrected chi connectivity index (χ1v) is 18.8. The molecule has 8 N–H and O–H groups in total. The first-order valence-electron chi connectivity index (χ1n) is 18.8. The van der Waals surface area contributed by atoms with Gasteiger partial charge in [0, 0.05) is 16.2 Å². The van der Waals surface area contributed by atoms with Crippen LogP contribution in [0.15, 0.2) is 0 Å². The van der Waals surface area contributed by atoms with E-state index in [0.29, 0.717) is 0 Å². The summed E-state index contributed by atoms with van der Waals surface area (Å²) in [5, 5.41) is 70.1. The molecule has 0 unspecified atom stereocenters. The molecule has 0 aliphatic heterocycles. The second-order valence-corrected chi connectivity index (χ2v) is 14.7. The Balaban J connectivity index is 0.000000623. The molecule has 0 amide bonds. The van der Waals surface area contributed by atoms with Crippen LogP contribution in [0.2, 0.25) is 0 Å². The van der Waals surface area contributed by atoms with Crippen molar-refractivity contribution in [3.05, 3.63) is 0 Å². The van der Waals surface area contributed by atoms with E-state index in [1.807, 2.05) is 0 Å². The summed E-state index contributed by atoms with van der Waals surface area (Å²) in [6.07, 6.45) is 30.8. The third kappa shape index (κ3) is 21.8. The maximum Gasteiger partial charge on any atom is 0.503 e. The molecule has 0 bridgehead atoms. The van der Waals surface area contributed by atoms with Gasteiger partial charge in [-0.1, -0.05) is 135 Å². The average molecular weight is 663 g/mol. The van der Waals surface area contributed by atoms with Gasteiger partial charge >= 0.3 is 6.16 Å². The summed E-state index contributed by atoms with van der Waals surface area (Å²) in [6, 6.07) is 0. The van der Waals surface area contributed by atoms with Gasteiger partial charge in [0.1, 0.15) is 0 Å². The number of aliphatic hydroxyl groups excluding tert-OH is 6. The molecule has 0 aromatic carbocycles. The predicted octanol–water partition coefficient (Wildman–Crippen LogP) is 7.67. The van der Waals surface area contributed by atoms with E-state index in [-0.39, 0.29) is 55.9 Å². The summed E-state index contributed by atoms with van der Waals surface area (Å²) in [4.78, 5) is 8.56. The van der Waals surface area contributed by atoms with E-state index in [1.54, 1.807) is 0 Å². The number of carbonyl (C=O) groups is 1. The van der Waals surface area contributed by atoms with Gasteiger partial charge in [-0.25, -0.2) is 4.79 Å². The molecule has 3 aliphatic rings. The monoisotopic (exact) mass is 663 g/mol. The van der Waals surface area contributed by atoms with Gasteiger partial charge in [0.05, 0.1) is 39.6 Å². The molecule has 0 aromatic rings. The van der Waals surface area contributed by atoms with Crippen LogP contribution in [-0.2, 0) is 0 Å². The van der Waals surface area contributed by atoms with Crippen molar-refractivity contribution in [2.75, 3.05) is 39.6 Å². The quantitative estimate of drug-likeness (QED) is 0.142. The van der Waals surface area contributed by atoms with Crippen molar-refractivity contribution >= 4 is 6.16 Å². The molecule has 3 aliphatic carbocycles. The van der Waals surface area contributed by atoms with E-state index in [2.05, 4.69) is 0 Å². The molecule has 276 valence electrons. The van der Waals surface area contributed by atoms with E-state index in [0.717, 1.165) is 38.5 Å². The normalized spacial score (nSPS) is 22.8. The molecule has 46 heavy (non-hydrogen) atoms. The predicted molar refractivity (Wildman–Crippen MR) is 185 cm³/mol. The van der Waals surface area contributed by atoms with Gasteiger partial charge in [0.2, 0.25) is 0 Å². The fourth-order valence-corrected chi connectivity index (χ4v) is 7.13. The highest BCUT2D eigenvalue weighted by atomic mass is 16.6. The average Bonchev–Trinajstić information content (AvgIpc) is 3.08. The van der Waals surface area contributed by atoms with Gasteiger partial charge < -0.3 is 40.9 Å². The standard InChI is InChI=1S/3C12H24O2.CH2O3/c3*13-10-12(11-14)8-6-4-2-1-3-5-7-9-12;2-1(3)4/h3*13-14H,1-11H2;(H2,2,3,4). The molecule has 0 aromatic heterocycles. The molecule has 0 radical (unpaired) electrons. The first kappa shape index (κ1) is 45.0. The van der Waals surface area contributed by atoms with Crippen molar-refractivity contribution in [3.8, 4) is 0 Å². The van der Waals surface area contributed by atoms with Crippen molar-refractivity contribution in [2.45, 2.75) is 173 Å². The van der Waals surface area contributed by atoms with Crippen molar-refractivity contribution < 1.29 is 45.6 Å². The Morgan fingerprint density at radius 1 is 0.304 bits per heavy atom. The molecule has 0 saturated heterocycles. The third-order valence-corrected chi connectivity index (χ3v) is 10.8. The highest BCUT2D eigenvalue weighted by Gasteiger charge is 2.29. The molecule has 3 fully saturated rings. The molecule has 3 saturated carbocycles. The Morgan fingerprint density at radius 2 is 0.413 bits per heavy atom. The lowest BCUT2D eigenvalue weighted by atomic mass is 9.78. The zero-order valence-electron chi connectivity index (χ0n) is 29.3. The maximum atomic E-state index is 9.36. The summed E-state index contributed by atoms with van der Waals surface area (Å²) in [5.41, 5.74) is -0.508. The lowest BCUT2D eigenvalue weighted by Crippen LogP contribution is -2.30. The molecular weight excluding hydrogens is 588 g/mol. The van der Waals surface area contributed by atoms with Crippen LogP contribution in [0.4, 0.5) is 4.79 Å². The minimum Gasteiger partial charge on any atom is -0.450 e. The highest BCUT2D eigenvalue weighted by molar-refractivity contribution is 5.53. The Hall–Kier alpha value is -0.970. The SMILES string of the molecule is O=C(O)O.OCC1(CO)CCCCCCCCC1.OCC1(CO)CCCCCCCCC1.OCC1(CO)CCCCCCCCC1. The van der Waals surface area contributed by atoms with E-state index in [9.17, 15) is 30.6 Å². The van der Waals surface area contributed by atoms with E-state index in [4.69, 9.17) is 15.0 Å². The van der Waals surface area contributed by atoms with Crippen LogP contribution >= 0.6 is 0 Å². The van der Waals surface area contributed by atoms with Crippen LogP contribution in [0.25, 0.3) is 0 Å². The first-order chi connectivity index (χ1) is 22.2. The second-order valence-electron chi connectivity index (χ2n) is 14.7. The highest BCUT2D eigenvalue weighted by Crippen LogP contribution is 2.34. The van der Waals surface area contributed by atoms with Gasteiger partial charge in [-0.2, -0.15) is 0 Å². The number of rotatable bonds is 6. The minimum atomic E-state index is -1.83. The fourth-order valence-electron chi connectivity index (χ4n) is 7.13. The van der Waals surface area contributed by atoms with Crippen LogP contribution in [0.1, 0.15) is 173 Å². The summed E-state index contributed by atoms with van der Waals surface area (Å²) >= 11 is 0. The van der Waals surface area contributed by atoms with Gasteiger partial charge in [-0.3, -0.25) is 0 Å². The fraction of sp³-hybridized carbons (Fsp3) is 0.973. The van der Waals surface area contributed by atoms with Gasteiger partial charge in [0.25, 0.3) is 0 Å². The van der Waals surface area contributed by atoms with E-state index in [1.165, 1.54) is 135 Å². The van der Waals surface area contributed by atoms with Crippen LogP contribution in [0.3, 0.4) is 0 Å². The second kappa shape index (κ2) is 29.0. The van der Waals surface area contributed by atoms with Crippen LogP contribution in [0, 0.1) is 16.2 Å². The Bertz CT molecular complexity index is 555. The maximum absolute atomic E-state index is 9.36. The molecule has 0 spiro atoms. The molecule has 3 rings (SSSR count). The van der Waals surface area contributed by atoms with E-state index < -0.39 is 6.16 Å². The van der Waals surface area contributed by atoms with Crippen LogP contribution in [-0.4, -0.2) is 86.6 Å². The summed E-state index contributed by atoms with van der Waals surface area (Å²) < 4.78 is 0. The largest absolute Gasteiger partial charge is 0.503 e. The molecular formula is C37H74O9. The minimum absolute atomic E-state index is 0.156. The molecule has 0 heterocycles. The summed E-state index contributed by atoms with van der Waals surface area (Å²) in [6.45, 7) is 0.938. The molecule has 9 heteroatoms. The zero-order chi connectivity index (χ0) is 34.4. The molecule has 9 nitrogen and oxygen atoms in total. The summed E-state index contributed by atoms with van der Waals surface area (Å²) in [5.74, 6) is 0. The number of carboxylic acid groups (broad SMARTS) is 2. The number of aliphatic hydroxyl groups is 6. The van der Waals surface area contributed by atoms with Crippen LogP contribution in [0.5, 0.6) is 0 Å². The van der Waals surface area contributed by atoms with Gasteiger partial charge in [-0.15, -0.1) is 0 Å². The topological polar surface area (TPSA) is 179 Å². The lowest BCUT2D eigenvalue weighted by Gasteiger charge is -2.30. The van der Waals surface area contributed by atoms with Crippen molar-refractivity contribution in [1.82, 2.24) is 0 Å². The molecule has 0 atom stereocenters. The smallest absolute Gasteiger partial charge is 0.450 e. The van der Waals surface area contributed by atoms with E-state index >= 15 is 0 Å². The van der Waals surface area contributed by atoms with Crippen LogP contribution < -0.4 is 0 Å². The Kier molecular flexibility index (Phi) is 28.4. The lowest BCUT2D eigenvalue weighted by molar-refractivity contribution is 0.0343.